The monoisotopic (exact) mass is 962 g/mol. The molecule has 1 unspecified atom stereocenters. The summed E-state index contributed by atoms with van der Waals surface area (Å²) in [6, 6.07) is 24.3. The number of phosphoric acid groups is 1. The quantitative estimate of drug-likeness (QED) is 0.0537. The van der Waals surface area contributed by atoms with E-state index in [2.05, 4.69) is 43.8 Å². The Kier molecular flexibility index (Phi) is 14.7. The lowest BCUT2D eigenvalue weighted by atomic mass is 9.80. The van der Waals surface area contributed by atoms with Gasteiger partial charge in [-0.25, -0.2) is 14.2 Å². The van der Waals surface area contributed by atoms with Crippen molar-refractivity contribution < 1.29 is 46.6 Å². The van der Waals surface area contributed by atoms with E-state index in [-0.39, 0.29) is 30.1 Å². The standard InChI is InChI=1S/C47H59N4O14PSi/c1-29-25-50(44(54)48-42(29)52)40-23-36(64-66(56,57)61-28-39-37(65-67(8,9)46(3,4)5)24-41(63-39)51-26-30(2)43(53)49-45(51)55)38(62-40)27-60-47(31-13-11-10-12-14-31,32-15-19-34(58-6)20-16-32)33-17-21-35(59-7)22-18-33/h10-22,25-26,36-41H,23-24,27-28H2,1-9H3,(H,56,57)(H,48,52,54)(H,49,53,55)/t36-,37-,38+,39+,40+,41+/m0/s1. The largest absolute Gasteiger partial charge is 0.497 e. The van der Waals surface area contributed by atoms with Crippen molar-refractivity contribution in [2.24, 2.45) is 0 Å². The van der Waals surface area contributed by atoms with Crippen molar-refractivity contribution >= 4 is 16.1 Å². The lowest BCUT2D eigenvalue weighted by molar-refractivity contribution is -0.0952. The molecule has 7 rings (SSSR count). The minimum absolute atomic E-state index is 0.135. The zero-order valence-electron chi connectivity index (χ0n) is 39.0. The van der Waals surface area contributed by atoms with Gasteiger partial charge in [0, 0.05) is 36.4 Å². The number of hydrogen-bond acceptors (Lipinski definition) is 13. The first-order valence-electron chi connectivity index (χ1n) is 21.9. The maximum absolute atomic E-state index is 14.2. The summed E-state index contributed by atoms with van der Waals surface area (Å²) in [5.74, 6) is 1.24. The molecule has 2 aliphatic heterocycles. The van der Waals surface area contributed by atoms with Crippen LogP contribution in [0.25, 0.3) is 0 Å². The van der Waals surface area contributed by atoms with E-state index < -0.39 is 87.7 Å². The van der Waals surface area contributed by atoms with E-state index in [4.69, 9.17) is 37.2 Å². The molecule has 18 nitrogen and oxygen atoms in total. The molecule has 2 aliphatic rings. The molecule has 360 valence electrons. The van der Waals surface area contributed by atoms with Crippen LogP contribution >= 0.6 is 7.82 Å². The zero-order valence-corrected chi connectivity index (χ0v) is 40.9. The SMILES string of the molecule is COc1ccc(C(OC[C@H]2O[C@@H](n3cc(C)c(=O)[nH]c3=O)C[C@@H]2OP(=O)(O)OC[C@H]2O[C@@H](n3cc(C)c(=O)[nH]c3=O)C[C@@H]2O[Si](C)(C)C(C)(C)C)(c2ccccc2)c2ccc(OC)cc2)cc1. The van der Waals surface area contributed by atoms with E-state index in [0.717, 1.165) is 5.56 Å². The third kappa shape index (κ3) is 10.8. The van der Waals surface area contributed by atoms with E-state index in [1.807, 2.05) is 78.9 Å². The van der Waals surface area contributed by atoms with Crippen LogP contribution in [0.3, 0.4) is 0 Å². The topological polar surface area (TPSA) is 221 Å². The van der Waals surface area contributed by atoms with Gasteiger partial charge in [0.1, 0.15) is 47.9 Å². The van der Waals surface area contributed by atoms with Gasteiger partial charge >= 0.3 is 19.2 Å². The number of nitrogens with one attached hydrogen (secondary N) is 2. The molecule has 0 aliphatic carbocycles. The number of H-pyrrole nitrogens is 2. The Morgan fingerprint density at radius 2 is 1.15 bits per heavy atom. The van der Waals surface area contributed by atoms with Crippen molar-refractivity contribution in [3.63, 3.8) is 0 Å². The molecule has 2 saturated heterocycles. The third-order valence-electron chi connectivity index (χ3n) is 12.8. The molecule has 5 aromatic rings. The van der Waals surface area contributed by atoms with Crippen LogP contribution in [0.1, 0.15) is 73.9 Å². The second-order valence-electron chi connectivity index (χ2n) is 18.3. The number of benzene rings is 3. The molecule has 0 saturated carbocycles. The molecule has 0 spiro atoms. The molecule has 0 bridgehead atoms. The van der Waals surface area contributed by atoms with Gasteiger partial charge in [-0.3, -0.25) is 37.7 Å². The number of phosphoric ester groups is 1. The smallest absolute Gasteiger partial charge is 0.472 e. The number of nitrogens with zero attached hydrogens (tertiary/aromatic N) is 2. The average Bonchev–Trinajstić information content (AvgIpc) is 3.88. The first-order chi connectivity index (χ1) is 31.6. The normalized spacial score (nSPS) is 22.1. The van der Waals surface area contributed by atoms with Crippen LogP contribution in [0.5, 0.6) is 11.5 Å². The van der Waals surface area contributed by atoms with Crippen LogP contribution in [0, 0.1) is 13.8 Å². The lowest BCUT2D eigenvalue weighted by Crippen LogP contribution is -2.46. The van der Waals surface area contributed by atoms with Crippen molar-refractivity contribution in [3.8, 4) is 11.5 Å². The first-order valence-corrected chi connectivity index (χ1v) is 26.3. The van der Waals surface area contributed by atoms with E-state index in [0.29, 0.717) is 28.2 Å². The van der Waals surface area contributed by atoms with Crippen molar-refractivity contribution in [3.05, 3.63) is 161 Å². The Bertz CT molecular complexity index is 2760. The summed E-state index contributed by atoms with van der Waals surface area (Å²) in [7, 11) is -4.35. The number of hydrogen-bond donors (Lipinski definition) is 3. The Balaban J connectivity index is 1.21. The third-order valence-corrected chi connectivity index (χ3v) is 18.4. The van der Waals surface area contributed by atoms with E-state index in [1.165, 1.54) is 21.5 Å². The van der Waals surface area contributed by atoms with Gasteiger partial charge in [0.2, 0.25) is 0 Å². The number of rotatable bonds is 17. The second-order valence-corrected chi connectivity index (χ2v) is 24.5. The van der Waals surface area contributed by atoms with Crippen molar-refractivity contribution in [2.75, 3.05) is 27.4 Å². The van der Waals surface area contributed by atoms with Crippen LogP contribution < -0.4 is 32.0 Å². The first kappa shape index (κ1) is 49.7. The molecular formula is C47H59N4O14PSi. The van der Waals surface area contributed by atoms with Crippen molar-refractivity contribution in [2.45, 2.75) is 108 Å². The van der Waals surface area contributed by atoms with Gasteiger partial charge in [0.15, 0.2) is 8.32 Å². The van der Waals surface area contributed by atoms with Gasteiger partial charge < -0.3 is 33.0 Å². The van der Waals surface area contributed by atoms with Gasteiger partial charge in [-0.1, -0.05) is 75.4 Å². The van der Waals surface area contributed by atoms with Crippen molar-refractivity contribution in [1.82, 2.24) is 19.1 Å². The maximum atomic E-state index is 14.2. The summed E-state index contributed by atoms with van der Waals surface area (Å²) in [5.41, 5.74) is -1.15. The molecule has 2 fully saturated rings. The Morgan fingerprint density at radius 3 is 1.61 bits per heavy atom. The van der Waals surface area contributed by atoms with Crippen LogP contribution in [0.15, 0.2) is 110 Å². The summed E-state index contributed by atoms with van der Waals surface area (Å²) in [4.78, 5) is 66.9. The fourth-order valence-electron chi connectivity index (χ4n) is 8.08. The van der Waals surface area contributed by atoms with E-state index in [9.17, 15) is 28.6 Å². The van der Waals surface area contributed by atoms with Gasteiger partial charge in [0.05, 0.1) is 33.5 Å². The van der Waals surface area contributed by atoms with E-state index >= 15 is 0 Å². The van der Waals surface area contributed by atoms with Crippen LogP contribution in [0.2, 0.25) is 18.1 Å². The summed E-state index contributed by atoms with van der Waals surface area (Å²) in [6.45, 7) is 12.7. The van der Waals surface area contributed by atoms with Gasteiger partial charge in [0.25, 0.3) is 11.1 Å². The van der Waals surface area contributed by atoms with Gasteiger partial charge in [-0.15, -0.1) is 0 Å². The minimum atomic E-state index is -5.01. The minimum Gasteiger partial charge on any atom is -0.497 e. The highest BCUT2D eigenvalue weighted by atomic mass is 31.2. The van der Waals surface area contributed by atoms with Gasteiger partial charge in [-0.2, -0.15) is 0 Å². The summed E-state index contributed by atoms with van der Waals surface area (Å²) < 4.78 is 66.0. The van der Waals surface area contributed by atoms with Crippen LogP contribution in [-0.2, 0) is 37.9 Å². The van der Waals surface area contributed by atoms with Crippen LogP contribution in [-0.4, -0.2) is 84.2 Å². The zero-order chi connectivity index (χ0) is 48.5. The fraction of sp³-hybridized carbons (Fsp3) is 0.447. The highest BCUT2D eigenvalue weighted by molar-refractivity contribution is 7.47. The van der Waals surface area contributed by atoms with Crippen LogP contribution in [0.4, 0.5) is 0 Å². The van der Waals surface area contributed by atoms with E-state index in [1.54, 1.807) is 28.1 Å². The Hall–Kier alpha value is -5.21. The molecule has 0 amide bonds. The lowest BCUT2D eigenvalue weighted by Gasteiger charge is -2.39. The number of aromatic nitrogens is 4. The molecule has 3 aromatic carbocycles. The molecule has 67 heavy (non-hydrogen) atoms. The molecule has 20 heteroatoms. The molecular weight excluding hydrogens is 904 g/mol. The number of aromatic amines is 2. The summed E-state index contributed by atoms with van der Waals surface area (Å²) in [5, 5.41) is -0.224. The summed E-state index contributed by atoms with van der Waals surface area (Å²) >= 11 is 0. The predicted molar refractivity (Wildman–Crippen MR) is 250 cm³/mol. The highest BCUT2D eigenvalue weighted by Gasteiger charge is 2.48. The van der Waals surface area contributed by atoms with Crippen molar-refractivity contribution in [1.29, 1.82) is 0 Å². The number of aryl methyl sites for hydroxylation is 2. The number of ether oxygens (including phenoxy) is 5. The average molecular weight is 963 g/mol. The van der Waals surface area contributed by atoms with Gasteiger partial charge in [-0.05, 0) is 72.9 Å². The highest BCUT2D eigenvalue weighted by Crippen LogP contribution is 2.50. The fourth-order valence-corrected chi connectivity index (χ4v) is 10.4. The Morgan fingerprint density at radius 1 is 0.701 bits per heavy atom. The predicted octanol–water partition coefficient (Wildman–Crippen LogP) is 6.20. The molecule has 3 N–H and O–H groups in total. The number of methoxy groups -OCH3 is 2. The maximum Gasteiger partial charge on any atom is 0.472 e. The molecule has 0 radical (unpaired) electrons. The molecule has 2 aromatic heterocycles. The summed E-state index contributed by atoms with van der Waals surface area (Å²) in [6.07, 6.45) is -3.11. The Labute approximate surface area is 388 Å². The molecule has 7 atom stereocenters. The molecule has 4 heterocycles. The second kappa shape index (κ2) is 19.8.